The third-order valence-electron chi connectivity index (χ3n) is 12.7. The Balaban J connectivity index is 1.07. The fourth-order valence-corrected chi connectivity index (χ4v) is 10.1. The van der Waals surface area contributed by atoms with E-state index < -0.39 is 0 Å². The van der Waals surface area contributed by atoms with Crippen molar-refractivity contribution in [3.8, 4) is 44.5 Å². The van der Waals surface area contributed by atoms with Gasteiger partial charge in [0.2, 0.25) is 0 Å². The number of fused-ring (bicyclic) bond motifs is 12. The molecule has 1 aliphatic rings. The van der Waals surface area contributed by atoms with Crippen molar-refractivity contribution in [3.05, 3.63) is 193 Å². The summed E-state index contributed by atoms with van der Waals surface area (Å²) < 4.78 is 6.65. The first-order valence-corrected chi connectivity index (χ1v) is 19.6. The zero-order chi connectivity index (χ0) is 37.1. The highest BCUT2D eigenvalue weighted by Gasteiger charge is 2.38. The summed E-state index contributed by atoms with van der Waals surface area (Å²) >= 11 is 0. The summed E-state index contributed by atoms with van der Waals surface area (Å²) in [6, 6.07) is 67.1. The lowest BCUT2D eigenvalue weighted by Gasteiger charge is -2.22. The predicted octanol–water partition coefficient (Wildman–Crippen LogP) is 15.5. The van der Waals surface area contributed by atoms with Crippen molar-refractivity contribution in [1.82, 2.24) is 0 Å². The normalized spacial score (nSPS) is 13.3. The lowest BCUT2D eigenvalue weighted by Crippen LogP contribution is -2.14. The average Bonchev–Trinajstić information content (AvgIpc) is 3.74. The van der Waals surface area contributed by atoms with E-state index in [1.807, 2.05) is 0 Å². The van der Waals surface area contributed by atoms with Gasteiger partial charge in [0.15, 0.2) is 0 Å². The molecule has 1 heterocycles. The lowest BCUT2D eigenvalue weighted by atomic mass is 9.81. The van der Waals surface area contributed by atoms with Crippen LogP contribution < -0.4 is 0 Å². The molecular weight excluding hydrogens is 677 g/mol. The Kier molecular flexibility index (Phi) is 6.46. The summed E-state index contributed by atoms with van der Waals surface area (Å²) in [6.45, 7) is 4.75. The number of furan rings is 1. The molecule has 0 atom stereocenters. The molecule has 10 aromatic carbocycles. The minimum atomic E-state index is -0.177. The van der Waals surface area contributed by atoms with Gasteiger partial charge in [-0.05, 0) is 112 Å². The molecule has 0 saturated heterocycles. The van der Waals surface area contributed by atoms with Gasteiger partial charge < -0.3 is 4.42 Å². The quantitative estimate of drug-likeness (QED) is 0.166. The van der Waals surface area contributed by atoms with Gasteiger partial charge in [0.25, 0.3) is 0 Å². The van der Waals surface area contributed by atoms with Crippen molar-refractivity contribution in [2.75, 3.05) is 0 Å². The molecular formula is C55H36O. The van der Waals surface area contributed by atoms with E-state index in [0.717, 1.165) is 16.6 Å². The number of hydrogen-bond acceptors (Lipinski definition) is 1. The van der Waals surface area contributed by atoms with Crippen molar-refractivity contribution in [2.24, 2.45) is 0 Å². The molecule has 0 bridgehead atoms. The first kappa shape index (κ1) is 31.4. The summed E-state index contributed by atoms with van der Waals surface area (Å²) in [5.41, 5.74) is 14.6. The Labute approximate surface area is 325 Å². The van der Waals surface area contributed by atoms with Crippen LogP contribution in [0.1, 0.15) is 25.0 Å². The zero-order valence-corrected chi connectivity index (χ0v) is 31.2. The standard InChI is InChI=1S/C55H36O/c1-55(2)47-30-31-49-53(46-27-24-33-14-6-7-17-37(33)54(46)56-49)52(47)45-26-25-35(32-48(45)55)36-28-29-44(39-19-9-8-18-38(36)39)51-42-22-12-10-20-40(42)50(34-15-4-3-5-16-34)41-21-11-13-23-43(41)51/h3-32H,1-2H3. The third kappa shape index (κ3) is 4.26. The van der Waals surface area contributed by atoms with Crippen LogP contribution in [0.15, 0.2) is 186 Å². The van der Waals surface area contributed by atoms with E-state index >= 15 is 0 Å². The van der Waals surface area contributed by atoms with Crippen LogP contribution in [0.25, 0.3) is 110 Å². The maximum Gasteiger partial charge on any atom is 0.143 e. The van der Waals surface area contributed by atoms with Gasteiger partial charge in [-0.25, -0.2) is 0 Å². The van der Waals surface area contributed by atoms with Crippen LogP contribution in [0.3, 0.4) is 0 Å². The van der Waals surface area contributed by atoms with E-state index in [4.69, 9.17) is 4.42 Å². The number of hydrogen-bond donors (Lipinski definition) is 0. The Morgan fingerprint density at radius 1 is 0.357 bits per heavy atom. The van der Waals surface area contributed by atoms with E-state index in [-0.39, 0.29) is 5.41 Å². The Morgan fingerprint density at radius 3 is 1.64 bits per heavy atom. The van der Waals surface area contributed by atoms with E-state index in [0.29, 0.717) is 0 Å². The fourth-order valence-electron chi connectivity index (χ4n) is 10.1. The summed E-state index contributed by atoms with van der Waals surface area (Å²) in [7, 11) is 0. The molecule has 1 aliphatic carbocycles. The molecule has 0 N–H and O–H groups in total. The van der Waals surface area contributed by atoms with Crippen molar-refractivity contribution >= 4 is 65.0 Å². The molecule has 0 unspecified atom stereocenters. The highest BCUT2D eigenvalue weighted by atomic mass is 16.3. The average molecular weight is 713 g/mol. The highest BCUT2D eigenvalue weighted by molar-refractivity contribution is 6.24. The van der Waals surface area contributed by atoms with Crippen LogP contribution in [0, 0.1) is 0 Å². The zero-order valence-electron chi connectivity index (χ0n) is 31.2. The third-order valence-corrected chi connectivity index (χ3v) is 12.7. The van der Waals surface area contributed by atoms with Crippen LogP contribution in [0.4, 0.5) is 0 Å². The SMILES string of the molecule is CC1(C)c2cc(-c3ccc(-c4c5ccccc5c(-c5ccccc5)c5ccccc45)c4ccccc34)ccc2-c2c1ccc1oc3c4ccccc4ccc3c21. The topological polar surface area (TPSA) is 13.1 Å². The molecule has 0 fully saturated rings. The van der Waals surface area contributed by atoms with Gasteiger partial charge in [-0.2, -0.15) is 0 Å². The smallest absolute Gasteiger partial charge is 0.143 e. The van der Waals surface area contributed by atoms with Crippen LogP contribution in [0.5, 0.6) is 0 Å². The van der Waals surface area contributed by atoms with Gasteiger partial charge in [-0.15, -0.1) is 0 Å². The van der Waals surface area contributed by atoms with E-state index in [2.05, 4.69) is 196 Å². The Bertz CT molecular complexity index is 3380. The monoisotopic (exact) mass is 712 g/mol. The van der Waals surface area contributed by atoms with Crippen molar-refractivity contribution in [1.29, 1.82) is 0 Å². The molecule has 1 heteroatoms. The molecule has 11 aromatic rings. The molecule has 0 aliphatic heterocycles. The second-order valence-electron chi connectivity index (χ2n) is 15.9. The van der Waals surface area contributed by atoms with Gasteiger partial charge in [-0.3, -0.25) is 0 Å². The number of rotatable bonds is 3. The molecule has 0 radical (unpaired) electrons. The molecule has 56 heavy (non-hydrogen) atoms. The molecule has 0 spiro atoms. The minimum absolute atomic E-state index is 0.177. The van der Waals surface area contributed by atoms with Crippen LogP contribution in [-0.4, -0.2) is 0 Å². The first-order valence-electron chi connectivity index (χ1n) is 19.6. The molecule has 12 rings (SSSR count). The largest absolute Gasteiger partial charge is 0.455 e. The van der Waals surface area contributed by atoms with Gasteiger partial charge in [0, 0.05) is 21.6 Å². The molecule has 262 valence electrons. The van der Waals surface area contributed by atoms with E-state index in [1.54, 1.807) is 0 Å². The van der Waals surface area contributed by atoms with Crippen LogP contribution in [-0.2, 0) is 5.41 Å². The second kappa shape index (κ2) is 11.5. The highest BCUT2D eigenvalue weighted by Crippen LogP contribution is 2.55. The summed E-state index contributed by atoms with van der Waals surface area (Å²) in [5.74, 6) is 0. The van der Waals surface area contributed by atoms with Gasteiger partial charge >= 0.3 is 0 Å². The second-order valence-corrected chi connectivity index (χ2v) is 15.9. The maximum atomic E-state index is 6.65. The minimum Gasteiger partial charge on any atom is -0.455 e. The maximum absolute atomic E-state index is 6.65. The Morgan fingerprint density at radius 2 is 0.929 bits per heavy atom. The Hall–Kier alpha value is -6.96. The number of benzene rings is 10. The van der Waals surface area contributed by atoms with Gasteiger partial charge in [-0.1, -0.05) is 178 Å². The lowest BCUT2D eigenvalue weighted by molar-refractivity contribution is 0.657. The molecule has 1 nitrogen and oxygen atoms in total. The van der Waals surface area contributed by atoms with Gasteiger partial charge in [0.1, 0.15) is 11.2 Å². The van der Waals surface area contributed by atoms with E-state index in [9.17, 15) is 0 Å². The van der Waals surface area contributed by atoms with Crippen molar-refractivity contribution in [3.63, 3.8) is 0 Å². The van der Waals surface area contributed by atoms with Gasteiger partial charge in [0.05, 0.1) is 0 Å². The fraction of sp³-hybridized carbons (Fsp3) is 0.0545. The summed E-state index contributed by atoms with van der Waals surface area (Å²) in [6.07, 6.45) is 0. The van der Waals surface area contributed by atoms with Crippen LogP contribution in [0.2, 0.25) is 0 Å². The molecule has 0 amide bonds. The molecule has 0 saturated carbocycles. The predicted molar refractivity (Wildman–Crippen MR) is 238 cm³/mol. The van der Waals surface area contributed by atoms with Crippen molar-refractivity contribution < 1.29 is 4.42 Å². The summed E-state index contributed by atoms with van der Waals surface area (Å²) in [4.78, 5) is 0. The van der Waals surface area contributed by atoms with Crippen LogP contribution >= 0.6 is 0 Å². The van der Waals surface area contributed by atoms with E-state index in [1.165, 1.54) is 104 Å². The summed E-state index contributed by atoms with van der Waals surface area (Å²) in [5, 5.41) is 12.4. The first-order chi connectivity index (χ1) is 27.6. The van der Waals surface area contributed by atoms with Crippen molar-refractivity contribution in [2.45, 2.75) is 19.3 Å². The molecule has 1 aromatic heterocycles.